The van der Waals surface area contributed by atoms with Gasteiger partial charge in [-0.3, -0.25) is 14.4 Å². The topological polar surface area (TPSA) is 78.5 Å². The molecule has 3 amide bonds. The Bertz CT molecular complexity index is 652. The lowest BCUT2D eigenvalue weighted by atomic mass is 10.1. The zero-order valence-electron chi connectivity index (χ0n) is 14.6. The minimum Gasteiger partial charge on any atom is -0.354 e. The first kappa shape index (κ1) is 17.5. The normalized spacial score (nSPS) is 19.8. The molecule has 3 rings (SSSR count). The van der Waals surface area contributed by atoms with Crippen molar-refractivity contribution in [3.8, 4) is 0 Å². The molecule has 0 aromatic heterocycles. The first-order chi connectivity index (χ1) is 12.1. The second-order valence-electron chi connectivity index (χ2n) is 6.78. The third kappa shape index (κ3) is 4.38. The van der Waals surface area contributed by atoms with E-state index in [0.717, 1.165) is 24.9 Å². The van der Waals surface area contributed by atoms with Crippen LogP contribution in [0.3, 0.4) is 0 Å². The number of amides is 3. The van der Waals surface area contributed by atoms with Gasteiger partial charge in [0.1, 0.15) is 0 Å². The molecule has 1 saturated carbocycles. The number of hydrogen-bond acceptors (Lipinski definition) is 3. The van der Waals surface area contributed by atoms with Crippen LogP contribution in [0.25, 0.3) is 0 Å². The third-order valence-electron chi connectivity index (χ3n) is 4.82. The molecule has 1 saturated heterocycles. The van der Waals surface area contributed by atoms with Gasteiger partial charge in [-0.1, -0.05) is 19.1 Å². The quantitative estimate of drug-likeness (QED) is 0.731. The highest BCUT2D eigenvalue weighted by Crippen LogP contribution is 2.28. The highest BCUT2D eigenvalue weighted by Gasteiger charge is 2.35. The molecule has 2 fully saturated rings. The van der Waals surface area contributed by atoms with Gasteiger partial charge in [0.25, 0.3) is 0 Å². The predicted molar refractivity (Wildman–Crippen MR) is 95.0 cm³/mol. The molecule has 1 heterocycles. The molecular weight excluding hydrogens is 318 g/mol. The van der Waals surface area contributed by atoms with E-state index in [0.29, 0.717) is 19.6 Å². The number of carbonyl (C=O) groups excluding carboxylic acids is 3. The zero-order chi connectivity index (χ0) is 17.8. The summed E-state index contributed by atoms with van der Waals surface area (Å²) < 4.78 is 0. The number of nitrogens with zero attached hydrogens (tertiary/aromatic N) is 1. The number of carbonyl (C=O) groups is 3. The average Bonchev–Trinajstić information content (AvgIpc) is 3.41. The highest BCUT2D eigenvalue weighted by molar-refractivity contribution is 6.00. The number of hydrogen-bond donors (Lipinski definition) is 2. The van der Waals surface area contributed by atoms with Crippen molar-refractivity contribution in [3.63, 3.8) is 0 Å². The fourth-order valence-corrected chi connectivity index (χ4v) is 3.05. The number of rotatable bonds is 7. The largest absolute Gasteiger partial charge is 0.354 e. The average molecular weight is 343 g/mol. The van der Waals surface area contributed by atoms with E-state index >= 15 is 0 Å². The van der Waals surface area contributed by atoms with Gasteiger partial charge in [0, 0.05) is 37.7 Å². The Hall–Kier alpha value is -2.37. The van der Waals surface area contributed by atoms with E-state index in [9.17, 15) is 14.4 Å². The lowest BCUT2D eigenvalue weighted by molar-refractivity contribution is -0.126. The van der Waals surface area contributed by atoms with Gasteiger partial charge in [0.05, 0.1) is 5.92 Å². The summed E-state index contributed by atoms with van der Waals surface area (Å²) in [6, 6.07) is 7.89. The molecule has 6 heteroatoms. The SMILES string of the molecule is CCc1ccc(N2C[C@H](C(=O)NCCNC(=O)C3CC3)CC2=O)cc1. The van der Waals surface area contributed by atoms with Crippen LogP contribution < -0.4 is 15.5 Å². The van der Waals surface area contributed by atoms with Gasteiger partial charge in [-0.05, 0) is 37.0 Å². The van der Waals surface area contributed by atoms with Gasteiger partial charge in [0.15, 0.2) is 0 Å². The summed E-state index contributed by atoms with van der Waals surface area (Å²) in [5.41, 5.74) is 2.06. The van der Waals surface area contributed by atoms with Crippen molar-refractivity contribution in [1.29, 1.82) is 0 Å². The van der Waals surface area contributed by atoms with Crippen LogP contribution in [-0.2, 0) is 20.8 Å². The maximum atomic E-state index is 12.3. The van der Waals surface area contributed by atoms with Crippen molar-refractivity contribution in [2.24, 2.45) is 11.8 Å². The van der Waals surface area contributed by atoms with E-state index in [2.05, 4.69) is 17.6 Å². The van der Waals surface area contributed by atoms with E-state index in [1.807, 2.05) is 24.3 Å². The molecule has 134 valence electrons. The van der Waals surface area contributed by atoms with Crippen molar-refractivity contribution >= 4 is 23.4 Å². The summed E-state index contributed by atoms with van der Waals surface area (Å²) in [5.74, 6) is -0.228. The molecule has 0 unspecified atom stereocenters. The summed E-state index contributed by atoms with van der Waals surface area (Å²) >= 11 is 0. The molecule has 1 aliphatic carbocycles. The van der Waals surface area contributed by atoms with Crippen LogP contribution in [0.1, 0.15) is 31.7 Å². The smallest absolute Gasteiger partial charge is 0.227 e. The molecular formula is C19H25N3O3. The molecule has 0 bridgehead atoms. The van der Waals surface area contributed by atoms with Crippen molar-refractivity contribution in [2.75, 3.05) is 24.5 Å². The number of nitrogens with one attached hydrogen (secondary N) is 2. The summed E-state index contributed by atoms with van der Waals surface area (Å²) in [6.45, 7) is 3.32. The van der Waals surface area contributed by atoms with Gasteiger partial charge >= 0.3 is 0 Å². The molecule has 0 spiro atoms. The number of anilines is 1. The van der Waals surface area contributed by atoms with Crippen molar-refractivity contribution in [3.05, 3.63) is 29.8 Å². The molecule has 2 N–H and O–H groups in total. The molecule has 2 aliphatic rings. The van der Waals surface area contributed by atoms with Crippen molar-refractivity contribution in [1.82, 2.24) is 10.6 Å². The summed E-state index contributed by atoms with van der Waals surface area (Å²) in [4.78, 5) is 37.7. The van der Waals surface area contributed by atoms with Crippen LogP contribution in [0.2, 0.25) is 0 Å². The van der Waals surface area contributed by atoms with Gasteiger partial charge in [0.2, 0.25) is 17.7 Å². The minimum atomic E-state index is -0.336. The van der Waals surface area contributed by atoms with Crippen molar-refractivity contribution < 1.29 is 14.4 Å². The van der Waals surface area contributed by atoms with Crippen molar-refractivity contribution in [2.45, 2.75) is 32.6 Å². The van der Waals surface area contributed by atoms with E-state index in [1.54, 1.807) is 4.90 Å². The second-order valence-corrected chi connectivity index (χ2v) is 6.78. The maximum Gasteiger partial charge on any atom is 0.227 e. The second kappa shape index (κ2) is 7.68. The first-order valence-corrected chi connectivity index (χ1v) is 9.03. The Morgan fingerprint density at radius 1 is 1.04 bits per heavy atom. The monoisotopic (exact) mass is 343 g/mol. The predicted octanol–water partition coefficient (Wildman–Crippen LogP) is 1.24. The first-order valence-electron chi connectivity index (χ1n) is 9.03. The van der Waals surface area contributed by atoms with E-state index in [4.69, 9.17) is 0 Å². The molecule has 1 aliphatic heterocycles. The van der Waals surface area contributed by atoms with Gasteiger partial charge in [-0.15, -0.1) is 0 Å². The molecule has 6 nitrogen and oxygen atoms in total. The standard InChI is InChI=1S/C19H25N3O3/c1-2-13-3-7-16(8-4-13)22-12-15(11-17(22)23)19(25)21-10-9-20-18(24)14-5-6-14/h3-4,7-8,14-15H,2,5-6,9-12H2,1H3,(H,20,24)(H,21,25)/t15-/m1/s1. The highest BCUT2D eigenvalue weighted by atomic mass is 16.2. The number of aryl methyl sites for hydroxylation is 1. The lowest BCUT2D eigenvalue weighted by Gasteiger charge is -2.17. The van der Waals surface area contributed by atoms with Crippen LogP contribution in [0, 0.1) is 11.8 Å². The Morgan fingerprint density at radius 3 is 2.20 bits per heavy atom. The van der Waals surface area contributed by atoms with Gasteiger partial charge in [-0.2, -0.15) is 0 Å². The zero-order valence-corrected chi connectivity index (χ0v) is 14.6. The summed E-state index contributed by atoms with van der Waals surface area (Å²) in [5, 5.41) is 5.63. The van der Waals surface area contributed by atoms with E-state index in [1.165, 1.54) is 5.56 Å². The Morgan fingerprint density at radius 2 is 1.64 bits per heavy atom. The van der Waals surface area contributed by atoms with Crippen LogP contribution in [0.15, 0.2) is 24.3 Å². The Balaban J connectivity index is 1.45. The third-order valence-corrected chi connectivity index (χ3v) is 4.82. The van der Waals surface area contributed by atoms with Crippen LogP contribution in [0.4, 0.5) is 5.69 Å². The van der Waals surface area contributed by atoms with Crippen LogP contribution in [-0.4, -0.2) is 37.4 Å². The fourth-order valence-electron chi connectivity index (χ4n) is 3.05. The van der Waals surface area contributed by atoms with Crippen LogP contribution in [0.5, 0.6) is 0 Å². The fraction of sp³-hybridized carbons (Fsp3) is 0.526. The molecule has 1 atom stereocenters. The molecule has 1 aromatic carbocycles. The maximum absolute atomic E-state index is 12.3. The Labute approximate surface area is 148 Å². The van der Waals surface area contributed by atoms with Gasteiger partial charge < -0.3 is 15.5 Å². The van der Waals surface area contributed by atoms with Crippen LogP contribution >= 0.6 is 0 Å². The lowest BCUT2D eigenvalue weighted by Crippen LogP contribution is -2.38. The van der Waals surface area contributed by atoms with Gasteiger partial charge in [-0.25, -0.2) is 0 Å². The summed E-state index contributed by atoms with van der Waals surface area (Å²) in [6.07, 6.45) is 3.13. The Kier molecular flexibility index (Phi) is 5.36. The minimum absolute atomic E-state index is 0.0218. The molecule has 1 aromatic rings. The molecule has 25 heavy (non-hydrogen) atoms. The van der Waals surface area contributed by atoms with E-state index < -0.39 is 0 Å². The number of benzene rings is 1. The summed E-state index contributed by atoms with van der Waals surface area (Å²) in [7, 11) is 0. The molecule has 0 radical (unpaired) electrons. The van der Waals surface area contributed by atoms with E-state index in [-0.39, 0.29) is 36.0 Å².